The number of amides is 2. The molecule has 0 radical (unpaired) electrons. The van der Waals surface area contributed by atoms with Crippen molar-refractivity contribution in [3.8, 4) is 22.5 Å². The van der Waals surface area contributed by atoms with Gasteiger partial charge in [0, 0.05) is 52.6 Å². The molecule has 5 aromatic rings. The molecule has 7 rings (SSSR count). The average molecular weight is 562 g/mol. The number of anilines is 1. The van der Waals surface area contributed by atoms with E-state index >= 15 is 0 Å². The van der Waals surface area contributed by atoms with Crippen LogP contribution >= 0.6 is 11.3 Å². The highest BCUT2D eigenvalue weighted by atomic mass is 32.1. The van der Waals surface area contributed by atoms with Gasteiger partial charge in [-0.25, -0.2) is 0 Å². The van der Waals surface area contributed by atoms with Crippen LogP contribution in [0.2, 0.25) is 0 Å². The summed E-state index contributed by atoms with van der Waals surface area (Å²) in [4.78, 5) is 34.6. The van der Waals surface area contributed by atoms with Crippen molar-refractivity contribution in [2.75, 3.05) is 18.4 Å². The SMILES string of the molecule is Cc1c(NC(=O)c2cc3c(s2)CCCC3)cccc1-c1ccnc2cc(-c3ccc(C(=O)N4CCCC4)cc3)oc12. The second-order valence-corrected chi connectivity index (χ2v) is 12.1. The molecular weight excluding hydrogens is 530 g/mol. The zero-order valence-corrected chi connectivity index (χ0v) is 23.9. The Morgan fingerprint density at radius 3 is 2.54 bits per heavy atom. The molecule has 0 atom stereocenters. The van der Waals surface area contributed by atoms with E-state index in [9.17, 15) is 9.59 Å². The predicted molar refractivity (Wildman–Crippen MR) is 164 cm³/mol. The van der Waals surface area contributed by atoms with Crippen LogP contribution in [0.15, 0.2) is 71.3 Å². The molecule has 206 valence electrons. The standard InChI is InChI=1S/C34H31N3O3S/c1-21-25(8-6-9-27(21)36-33(38)31-19-24-7-2-3-10-30(24)41-31)26-15-16-35-28-20-29(40-32(26)28)22-11-13-23(14-12-22)34(39)37-17-4-5-18-37/h6,8-9,11-16,19-20H,2-5,7,10,17-18H2,1H3,(H,36,38). The fourth-order valence-electron chi connectivity index (χ4n) is 6.02. The zero-order valence-electron chi connectivity index (χ0n) is 23.0. The average Bonchev–Trinajstić information content (AvgIpc) is 3.77. The van der Waals surface area contributed by atoms with Crippen LogP contribution in [0.3, 0.4) is 0 Å². The molecule has 1 saturated heterocycles. The number of fused-ring (bicyclic) bond motifs is 2. The molecule has 1 N–H and O–H groups in total. The first kappa shape index (κ1) is 25.7. The van der Waals surface area contributed by atoms with Crippen LogP contribution < -0.4 is 5.32 Å². The highest BCUT2D eigenvalue weighted by molar-refractivity contribution is 7.14. The molecule has 1 aliphatic carbocycles. The van der Waals surface area contributed by atoms with Gasteiger partial charge < -0.3 is 14.6 Å². The summed E-state index contributed by atoms with van der Waals surface area (Å²) >= 11 is 1.62. The predicted octanol–water partition coefficient (Wildman–Crippen LogP) is 7.90. The number of aromatic nitrogens is 1. The highest BCUT2D eigenvalue weighted by Gasteiger charge is 2.21. The normalized spacial score (nSPS) is 14.8. The minimum atomic E-state index is -0.0588. The van der Waals surface area contributed by atoms with Crippen molar-refractivity contribution in [2.45, 2.75) is 45.4 Å². The van der Waals surface area contributed by atoms with Gasteiger partial charge in [0.05, 0.1) is 4.88 Å². The van der Waals surface area contributed by atoms with E-state index in [0.717, 1.165) is 77.1 Å². The monoisotopic (exact) mass is 561 g/mol. The van der Waals surface area contributed by atoms with E-state index in [4.69, 9.17) is 4.42 Å². The number of hydrogen-bond acceptors (Lipinski definition) is 5. The van der Waals surface area contributed by atoms with Gasteiger partial charge in [0.2, 0.25) is 0 Å². The van der Waals surface area contributed by atoms with Crippen molar-refractivity contribution in [3.63, 3.8) is 0 Å². The van der Waals surface area contributed by atoms with Gasteiger partial charge in [-0.05, 0) is 92.5 Å². The summed E-state index contributed by atoms with van der Waals surface area (Å²) in [6, 6.07) is 19.5. The molecule has 7 heteroatoms. The third-order valence-electron chi connectivity index (χ3n) is 8.31. The molecule has 41 heavy (non-hydrogen) atoms. The lowest BCUT2D eigenvalue weighted by Gasteiger charge is -2.15. The Kier molecular flexibility index (Phi) is 6.67. The first-order valence-electron chi connectivity index (χ1n) is 14.4. The van der Waals surface area contributed by atoms with Gasteiger partial charge in [-0.15, -0.1) is 11.3 Å². The molecule has 2 aromatic carbocycles. The van der Waals surface area contributed by atoms with Crippen molar-refractivity contribution in [2.24, 2.45) is 0 Å². The molecular formula is C34H31N3O3S. The van der Waals surface area contributed by atoms with Crippen LogP contribution in [0, 0.1) is 6.92 Å². The van der Waals surface area contributed by atoms with Crippen molar-refractivity contribution in [1.29, 1.82) is 0 Å². The molecule has 0 bridgehead atoms. The van der Waals surface area contributed by atoms with Gasteiger partial charge in [0.15, 0.2) is 5.58 Å². The molecule has 4 heterocycles. The molecule has 2 amide bonds. The molecule has 3 aromatic heterocycles. The van der Waals surface area contributed by atoms with Crippen LogP contribution in [0.1, 0.15) is 61.7 Å². The molecule has 1 fully saturated rings. The second kappa shape index (κ2) is 10.6. The smallest absolute Gasteiger partial charge is 0.265 e. The molecule has 1 aliphatic heterocycles. The summed E-state index contributed by atoms with van der Waals surface area (Å²) < 4.78 is 6.39. The number of furan rings is 1. The number of likely N-dealkylation sites (tertiary alicyclic amines) is 1. The molecule has 0 spiro atoms. The Labute approximate surface area is 243 Å². The third kappa shape index (κ3) is 4.84. The fourth-order valence-corrected chi connectivity index (χ4v) is 7.17. The maximum absolute atomic E-state index is 13.2. The number of hydrogen-bond donors (Lipinski definition) is 1. The minimum Gasteiger partial charge on any atom is -0.454 e. The van der Waals surface area contributed by atoms with Gasteiger partial charge >= 0.3 is 0 Å². The number of pyridine rings is 1. The van der Waals surface area contributed by atoms with Gasteiger partial charge in [0.25, 0.3) is 11.8 Å². The zero-order chi connectivity index (χ0) is 27.9. The van der Waals surface area contributed by atoms with Crippen LogP contribution in [0.4, 0.5) is 5.69 Å². The van der Waals surface area contributed by atoms with E-state index in [1.54, 1.807) is 17.5 Å². The number of benzene rings is 2. The summed E-state index contributed by atoms with van der Waals surface area (Å²) in [5.74, 6) is 0.726. The second-order valence-electron chi connectivity index (χ2n) is 11.0. The number of nitrogens with zero attached hydrogens (tertiary/aromatic N) is 2. The van der Waals surface area contributed by atoms with Crippen LogP contribution in [-0.4, -0.2) is 34.8 Å². The van der Waals surface area contributed by atoms with E-state index in [1.165, 1.54) is 23.3 Å². The fraction of sp³-hybridized carbons (Fsp3) is 0.265. The largest absolute Gasteiger partial charge is 0.454 e. The Hall–Kier alpha value is -4.23. The lowest BCUT2D eigenvalue weighted by Crippen LogP contribution is -2.27. The lowest BCUT2D eigenvalue weighted by atomic mass is 9.98. The lowest BCUT2D eigenvalue weighted by molar-refractivity contribution is 0.0792. The Balaban J connectivity index is 1.17. The van der Waals surface area contributed by atoms with Crippen molar-refractivity contribution < 1.29 is 14.0 Å². The highest BCUT2D eigenvalue weighted by Crippen LogP contribution is 2.37. The summed E-state index contributed by atoms with van der Waals surface area (Å²) in [5.41, 5.74) is 8.02. The van der Waals surface area contributed by atoms with Crippen molar-refractivity contribution in [1.82, 2.24) is 9.88 Å². The number of aryl methyl sites for hydroxylation is 2. The minimum absolute atomic E-state index is 0.0588. The summed E-state index contributed by atoms with van der Waals surface area (Å²) in [7, 11) is 0. The van der Waals surface area contributed by atoms with Crippen LogP contribution in [0.5, 0.6) is 0 Å². The number of rotatable bonds is 5. The van der Waals surface area contributed by atoms with E-state index in [1.807, 2.05) is 66.4 Å². The van der Waals surface area contributed by atoms with Crippen LogP contribution in [0.25, 0.3) is 33.6 Å². The van der Waals surface area contributed by atoms with E-state index in [0.29, 0.717) is 16.9 Å². The summed E-state index contributed by atoms with van der Waals surface area (Å²) in [5, 5.41) is 3.15. The van der Waals surface area contributed by atoms with Crippen LogP contribution in [-0.2, 0) is 12.8 Å². The van der Waals surface area contributed by atoms with E-state index in [-0.39, 0.29) is 11.8 Å². The number of nitrogens with one attached hydrogen (secondary N) is 1. The number of carbonyl (C=O) groups excluding carboxylic acids is 2. The summed E-state index contributed by atoms with van der Waals surface area (Å²) in [6.45, 7) is 3.69. The molecule has 6 nitrogen and oxygen atoms in total. The van der Waals surface area contributed by atoms with Gasteiger partial charge in [-0.3, -0.25) is 14.6 Å². The molecule has 0 saturated carbocycles. The van der Waals surface area contributed by atoms with E-state index < -0.39 is 0 Å². The number of thiophene rings is 1. The first-order chi connectivity index (χ1) is 20.0. The molecule has 2 aliphatic rings. The first-order valence-corrected chi connectivity index (χ1v) is 15.2. The Bertz CT molecular complexity index is 1750. The Morgan fingerprint density at radius 1 is 0.927 bits per heavy atom. The van der Waals surface area contributed by atoms with Gasteiger partial charge in [0.1, 0.15) is 11.3 Å². The van der Waals surface area contributed by atoms with Crippen molar-refractivity contribution >= 4 is 39.9 Å². The van der Waals surface area contributed by atoms with Crippen molar-refractivity contribution in [3.05, 3.63) is 93.3 Å². The Morgan fingerprint density at radius 2 is 1.73 bits per heavy atom. The van der Waals surface area contributed by atoms with E-state index in [2.05, 4.69) is 16.4 Å². The maximum Gasteiger partial charge on any atom is 0.265 e. The number of carbonyl (C=O) groups is 2. The quantitative estimate of drug-likeness (QED) is 0.237. The topological polar surface area (TPSA) is 75.4 Å². The van der Waals surface area contributed by atoms with Gasteiger partial charge in [-0.2, -0.15) is 0 Å². The molecule has 0 unspecified atom stereocenters. The summed E-state index contributed by atoms with van der Waals surface area (Å²) in [6.07, 6.45) is 8.48. The maximum atomic E-state index is 13.2. The van der Waals surface area contributed by atoms with Gasteiger partial charge in [-0.1, -0.05) is 24.3 Å². The third-order valence-corrected chi connectivity index (χ3v) is 9.55.